The van der Waals surface area contributed by atoms with Crippen molar-refractivity contribution < 1.29 is 13.9 Å². The maximum absolute atomic E-state index is 12.9. The number of amides is 1. The lowest BCUT2D eigenvalue weighted by atomic mass is 9.87. The molecule has 3 aromatic carbocycles. The Morgan fingerprint density at radius 1 is 0.939 bits per heavy atom. The van der Waals surface area contributed by atoms with Gasteiger partial charge in [0, 0.05) is 16.3 Å². The number of oxazole rings is 1. The first-order chi connectivity index (χ1) is 15.5. The van der Waals surface area contributed by atoms with E-state index in [1.807, 2.05) is 48.5 Å². The molecule has 1 aromatic heterocycles. The molecule has 6 heteroatoms. The molecule has 5 nitrogen and oxygen atoms in total. The lowest BCUT2D eigenvalue weighted by Gasteiger charge is -2.26. The second kappa shape index (κ2) is 8.56. The molecule has 0 aliphatic rings. The molecule has 1 amide bonds. The van der Waals surface area contributed by atoms with E-state index in [2.05, 4.69) is 31.1 Å². The number of rotatable bonds is 5. The molecule has 170 valence electrons. The van der Waals surface area contributed by atoms with Crippen LogP contribution in [0.3, 0.4) is 0 Å². The number of benzene rings is 3. The minimum atomic E-state index is -1.05. The molecule has 0 bridgehead atoms. The van der Waals surface area contributed by atoms with E-state index in [0.717, 1.165) is 5.56 Å². The Hall–Kier alpha value is -3.31. The number of hydrogen-bond donors (Lipinski definition) is 1. The van der Waals surface area contributed by atoms with E-state index in [-0.39, 0.29) is 11.3 Å². The zero-order valence-corrected chi connectivity index (χ0v) is 20.2. The number of hydrogen-bond acceptors (Lipinski definition) is 4. The number of halogens is 1. The van der Waals surface area contributed by atoms with E-state index >= 15 is 0 Å². The van der Waals surface area contributed by atoms with Crippen LogP contribution < -0.4 is 10.1 Å². The van der Waals surface area contributed by atoms with Crippen molar-refractivity contribution in [2.24, 2.45) is 0 Å². The van der Waals surface area contributed by atoms with E-state index in [1.54, 1.807) is 32.0 Å². The summed E-state index contributed by atoms with van der Waals surface area (Å²) in [4.78, 5) is 17.4. The Balaban J connectivity index is 1.43. The van der Waals surface area contributed by atoms with Gasteiger partial charge in [-0.25, -0.2) is 4.98 Å². The number of carbonyl (C=O) groups excluding carboxylic acids is 1. The van der Waals surface area contributed by atoms with Crippen molar-refractivity contribution in [1.29, 1.82) is 0 Å². The van der Waals surface area contributed by atoms with Gasteiger partial charge in [0.25, 0.3) is 5.91 Å². The first kappa shape index (κ1) is 22.9. The fourth-order valence-electron chi connectivity index (χ4n) is 3.37. The molecule has 0 spiro atoms. The fraction of sp³-hybridized carbons (Fsp3) is 0.259. The van der Waals surface area contributed by atoms with Crippen LogP contribution in [0.4, 0.5) is 5.69 Å². The molecule has 4 aromatic rings. The monoisotopic (exact) mass is 462 g/mol. The third-order valence-corrected chi connectivity index (χ3v) is 5.61. The van der Waals surface area contributed by atoms with Crippen molar-refractivity contribution in [3.63, 3.8) is 0 Å². The summed E-state index contributed by atoms with van der Waals surface area (Å²) in [6.45, 7) is 9.97. The van der Waals surface area contributed by atoms with Gasteiger partial charge in [0.15, 0.2) is 11.2 Å². The molecular weight excluding hydrogens is 436 g/mol. The number of ether oxygens (including phenoxy) is 1. The van der Waals surface area contributed by atoms with Gasteiger partial charge in [0.05, 0.1) is 0 Å². The number of nitrogens with one attached hydrogen (secondary N) is 1. The predicted molar refractivity (Wildman–Crippen MR) is 133 cm³/mol. The minimum absolute atomic E-state index is 0.0581. The van der Waals surface area contributed by atoms with Crippen LogP contribution in [0.25, 0.3) is 22.6 Å². The van der Waals surface area contributed by atoms with Crippen LogP contribution in [-0.4, -0.2) is 16.5 Å². The highest BCUT2D eigenvalue weighted by Gasteiger charge is 2.30. The molecule has 0 saturated heterocycles. The Labute approximate surface area is 198 Å². The summed E-state index contributed by atoms with van der Waals surface area (Å²) in [7, 11) is 0. The van der Waals surface area contributed by atoms with Gasteiger partial charge in [-0.2, -0.15) is 0 Å². The van der Waals surface area contributed by atoms with E-state index in [0.29, 0.717) is 33.4 Å². The second-order valence-corrected chi connectivity index (χ2v) is 9.99. The zero-order chi connectivity index (χ0) is 23.8. The molecule has 0 unspecified atom stereocenters. The molecule has 0 atom stereocenters. The molecule has 33 heavy (non-hydrogen) atoms. The average Bonchev–Trinajstić information content (AvgIpc) is 3.17. The summed E-state index contributed by atoms with van der Waals surface area (Å²) in [6, 6.07) is 20.5. The smallest absolute Gasteiger partial charge is 0.267 e. The first-order valence-corrected chi connectivity index (χ1v) is 11.2. The van der Waals surface area contributed by atoms with Gasteiger partial charge in [0.1, 0.15) is 11.3 Å². The average molecular weight is 463 g/mol. The van der Waals surface area contributed by atoms with Crippen molar-refractivity contribution >= 4 is 34.3 Å². The maximum Gasteiger partial charge on any atom is 0.267 e. The van der Waals surface area contributed by atoms with Crippen LogP contribution >= 0.6 is 11.6 Å². The summed E-state index contributed by atoms with van der Waals surface area (Å²) in [6.07, 6.45) is 0. The molecule has 0 fully saturated rings. The Morgan fingerprint density at radius 2 is 1.61 bits per heavy atom. The summed E-state index contributed by atoms with van der Waals surface area (Å²) in [5.41, 5.74) is 3.03. The van der Waals surface area contributed by atoms with E-state index < -0.39 is 5.60 Å². The van der Waals surface area contributed by atoms with Gasteiger partial charge in [0.2, 0.25) is 5.89 Å². The fourth-order valence-corrected chi connectivity index (χ4v) is 3.53. The summed E-state index contributed by atoms with van der Waals surface area (Å²) < 4.78 is 11.8. The van der Waals surface area contributed by atoms with Crippen LogP contribution in [0, 0.1) is 0 Å². The molecule has 0 saturated carbocycles. The van der Waals surface area contributed by atoms with E-state index in [9.17, 15) is 4.79 Å². The summed E-state index contributed by atoms with van der Waals surface area (Å²) in [5.74, 6) is 0.897. The highest BCUT2D eigenvalue weighted by molar-refractivity contribution is 6.31. The first-order valence-electron chi connectivity index (χ1n) is 10.8. The SMILES string of the molecule is CC(C)(Oc1ccc(C(C)(C)C)cc1)C(=O)Nc1ccc(-c2nc3cc(Cl)ccc3o2)cc1. The zero-order valence-electron chi connectivity index (χ0n) is 19.4. The largest absolute Gasteiger partial charge is 0.478 e. The molecule has 4 rings (SSSR count). The minimum Gasteiger partial charge on any atom is -0.478 e. The van der Waals surface area contributed by atoms with Crippen molar-refractivity contribution in [3.05, 3.63) is 77.3 Å². The van der Waals surface area contributed by atoms with Gasteiger partial charge in [-0.1, -0.05) is 44.5 Å². The van der Waals surface area contributed by atoms with Gasteiger partial charge < -0.3 is 14.5 Å². The molecule has 0 radical (unpaired) electrons. The number of anilines is 1. The number of carbonyl (C=O) groups is 1. The lowest BCUT2D eigenvalue weighted by molar-refractivity contribution is -0.128. The number of fused-ring (bicyclic) bond motifs is 1. The van der Waals surface area contributed by atoms with Crippen LogP contribution in [0.15, 0.2) is 71.1 Å². The van der Waals surface area contributed by atoms with Crippen molar-refractivity contribution in [1.82, 2.24) is 4.98 Å². The van der Waals surface area contributed by atoms with Crippen molar-refractivity contribution in [2.45, 2.75) is 45.6 Å². The molecule has 1 N–H and O–H groups in total. The second-order valence-electron chi connectivity index (χ2n) is 9.55. The topological polar surface area (TPSA) is 64.4 Å². The molecule has 0 aliphatic heterocycles. The Kier molecular flexibility index (Phi) is 5.93. The van der Waals surface area contributed by atoms with Gasteiger partial charge >= 0.3 is 0 Å². The van der Waals surface area contributed by atoms with Gasteiger partial charge in [-0.3, -0.25) is 4.79 Å². The number of nitrogens with zero attached hydrogens (tertiary/aromatic N) is 1. The lowest BCUT2D eigenvalue weighted by Crippen LogP contribution is -2.42. The van der Waals surface area contributed by atoms with Crippen LogP contribution in [0.5, 0.6) is 5.75 Å². The van der Waals surface area contributed by atoms with Crippen molar-refractivity contribution in [2.75, 3.05) is 5.32 Å². The Bertz CT molecular complexity index is 1280. The van der Waals surface area contributed by atoms with Gasteiger partial charge in [-0.15, -0.1) is 0 Å². The van der Waals surface area contributed by atoms with Crippen LogP contribution in [0.1, 0.15) is 40.2 Å². The maximum atomic E-state index is 12.9. The van der Waals surface area contributed by atoms with Crippen molar-refractivity contribution in [3.8, 4) is 17.2 Å². The number of aromatic nitrogens is 1. The van der Waals surface area contributed by atoms with Crippen LogP contribution in [-0.2, 0) is 10.2 Å². The Morgan fingerprint density at radius 3 is 2.24 bits per heavy atom. The molecule has 1 heterocycles. The highest BCUT2D eigenvalue weighted by Crippen LogP contribution is 2.28. The normalized spacial score (nSPS) is 12.1. The summed E-state index contributed by atoms with van der Waals surface area (Å²) in [5, 5.41) is 3.53. The molecular formula is C27H27ClN2O3. The standard InChI is InChI=1S/C27H27ClN2O3/c1-26(2,3)18-8-13-21(14-9-18)33-27(4,5)25(31)29-20-11-6-17(7-12-20)24-30-22-16-19(28)10-15-23(22)32-24/h6-16H,1-5H3,(H,29,31). The van der Waals surface area contributed by atoms with Gasteiger partial charge in [-0.05, 0) is 79.4 Å². The quantitative estimate of drug-likeness (QED) is 0.339. The van der Waals surface area contributed by atoms with E-state index in [1.165, 1.54) is 5.56 Å². The predicted octanol–water partition coefficient (Wildman–Crippen LogP) is 7.24. The molecule has 0 aliphatic carbocycles. The third kappa shape index (κ3) is 5.20. The highest BCUT2D eigenvalue weighted by atomic mass is 35.5. The third-order valence-electron chi connectivity index (χ3n) is 5.38. The summed E-state index contributed by atoms with van der Waals surface area (Å²) >= 11 is 6.02. The van der Waals surface area contributed by atoms with Crippen LogP contribution in [0.2, 0.25) is 5.02 Å². The van der Waals surface area contributed by atoms with E-state index in [4.69, 9.17) is 20.8 Å².